The predicted octanol–water partition coefficient (Wildman–Crippen LogP) is 1.65. The van der Waals surface area contributed by atoms with Gasteiger partial charge in [0.25, 0.3) is 5.78 Å². The molecule has 0 spiro atoms. The van der Waals surface area contributed by atoms with Crippen molar-refractivity contribution in [3.8, 4) is 0 Å². The van der Waals surface area contributed by atoms with Crippen molar-refractivity contribution < 1.29 is 22.7 Å². The van der Waals surface area contributed by atoms with E-state index in [4.69, 9.17) is 0 Å². The van der Waals surface area contributed by atoms with Crippen LogP contribution in [0.4, 0.5) is 0 Å². The van der Waals surface area contributed by atoms with Crippen LogP contribution in [0.3, 0.4) is 0 Å². The summed E-state index contributed by atoms with van der Waals surface area (Å²) in [5.41, 5.74) is 1.31. The van der Waals surface area contributed by atoms with Crippen LogP contribution in [0.5, 0.6) is 0 Å². The van der Waals surface area contributed by atoms with Gasteiger partial charge in [-0.1, -0.05) is 18.2 Å². The molecule has 0 atom stereocenters. The van der Waals surface area contributed by atoms with Crippen LogP contribution in [0, 0.1) is 6.92 Å². The molecule has 1 aromatic carbocycles. The van der Waals surface area contributed by atoms with E-state index in [9.17, 15) is 18.0 Å². The second-order valence-corrected chi connectivity index (χ2v) is 6.28. The summed E-state index contributed by atoms with van der Waals surface area (Å²) in [6.45, 7) is 4.74. The molecule has 0 N–H and O–H groups in total. The average Bonchev–Trinajstić information content (AvgIpc) is 2.57. The molecule has 1 aliphatic rings. The van der Waals surface area contributed by atoms with Gasteiger partial charge < -0.3 is 4.74 Å². The summed E-state index contributed by atoms with van der Waals surface area (Å²) in [4.78, 5) is 23.2. The number of carbonyl (C=O) groups is 2. The molecule has 20 heavy (non-hydrogen) atoms. The van der Waals surface area contributed by atoms with Crippen LogP contribution in [0.15, 0.2) is 28.0 Å². The Labute approximate surface area is 117 Å². The number of fused-ring (bicyclic) bond motifs is 1. The third-order valence-corrected chi connectivity index (χ3v) is 5.27. The lowest BCUT2D eigenvalue weighted by Crippen LogP contribution is -2.23. The molecule has 0 saturated carbocycles. The third-order valence-electron chi connectivity index (χ3n) is 3.16. The fourth-order valence-electron chi connectivity index (χ4n) is 2.31. The zero-order chi connectivity index (χ0) is 15.1. The Morgan fingerprint density at radius 2 is 1.85 bits per heavy atom. The van der Waals surface area contributed by atoms with Crippen molar-refractivity contribution in [2.24, 2.45) is 0 Å². The van der Waals surface area contributed by atoms with Gasteiger partial charge >= 0.3 is 5.97 Å². The number of benzene rings is 1. The lowest BCUT2D eigenvalue weighted by Gasteiger charge is -2.05. The number of ether oxygens (including phenoxy) is 1. The molecule has 0 unspecified atom stereocenters. The van der Waals surface area contributed by atoms with Gasteiger partial charge in [-0.15, -0.1) is 0 Å². The summed E-state index contributed by atoms with van der Waals surface area (Å²) in [6.07, 6.45) is 0. The largest absolute Gasteiger partial charge is 0.460 e. The van der Waals surface area contributed by atoms with Crippen molar-refractivity contribution in [3.63, 3.8) is 0 Å². The highest BCUT2D eigenvalue weighted by Crippen LogP contribution is 2.40. The zero-order valence-corrected chi connectivity index (χ0v) is 12.2. The van der Waals surface area contributed by atoms with Crippen LogP contribution in [-0.4, -0.2) is 26.8 Å². The molecule has 5 nitrogen and oxygen atoms in total. The summed E-state index contributed by atoms with van der Waals surface area (Å²) in [5.74, 6) is -2.25. The molecule has 0 fully saturated rings. The second kappa shape index (κ2) is 4.86. The Kier molecular flexibility index (Phi) is 3.52. The number of carbonyl (C=O) groups excluding carboxylic acids is 2. The van der Waals surface area contributed by atoms with E-state index in [1.165, 1.54) is 6.92 Å². The summed E-state index contributed by atoms with van der Waals surface area (Å²) >= 11 is 0. The fraction of sp³-hybridized carbons (Fsp3) is 0.286. The molecule has 6 heteroatoms. The van der Waals surface area contributed by atoms with Gasteiger partial charge in [-0.25, -0.2) is 13.2 Å². The Hall–Kier alpha value is -1.95. The van der Waals surface area contributed by atoms with Crippen molar-refractivity contribution in [2.45, 2.75) is 25.7 Å². The van der Waals surface area contributed by atoms with E-state index in [1.54, 1.807) is 32.0 Å². The van der Waals surface area contributed by atoms with Crippen LogP contribution >= 0.6 is 0 Å². The van der Waals surface area contributed by atoms with E-state index in [0.717, 1.165) is 0 Å². The number of rotatable bonds is 3. The number of aryl methyl sites for hydroxylation is 1. The van der Waals surface area contributed by atoms with Gasteiger partial charge in [-0.3, -0.25) is 4.79 Å². The van der Waals surface area contributed by atoms with Gasteiger partial charge in [0.15, 0.2) is 0 Å². The monoisotopic (exact) mass is 294 g/mol. The lowest BCUT2D eigenvalue weighted by atomic mass is 10.0. The number of hydrogen-bond acceptors (Lipinski definition) is 5. The van der Waals surface area contributed by atoms with Crippen molar-refractivity contribution in [1.82, 2.24) is 0 Å². The average molecular weight is 294 g/mol. The van der Waals surface area contributed by atoms with E-state index in [0.29, 0.717) is 16.7 Å². The Morgan fingerprint density at radius 3 is 2.40 bits per heavy atom. The molecule has 1 heterocycles. The summed E-state index contributed by atoms with van der Waals surface area (Å²) in [5, 5.41) is 0. The first kappa shape index (κ1) is 14.5. The molecule has 106 valence electrons. The van der Waals surface area contributed by atoms with Gasteiger partial charge in [0.05, 0.1) is 11.5 Å². The number of Topliss-reactive ketones (excluding diaryl/α,β-unsaturated/α-hetero) is 1. The highest BCUT2D eigenvalue weighted by atomic mass is 32.2. The molecule has 2 rings (SSSR count). The Morgan fingerprint density at radius 1 is 1.20 bits per heavy atom. The standard InChI is InChI=1S/C14H14O5S/c1-4-19-14(16)11(15)13-9(3)10-7-5-6-8(2)12(10)20(13,17)18/h5-7H,4H2,1-3H3. The van der Waals surface area contributed by atoms with Gasteiger partial charge in [0, 0.05) is 0 Å². The molecule has 0 saturated heterocycles. The molecule has 0 aliphatic carbocycles. The predicted molar refractivity (Wildman–Crippen MR) is 72.6 cm³/mol. The first-order chi connectivity index (χ1) is 9.32. The van der Waals surface area contributed by atoms with E-state index >= 15 is 0 Å². The second-order valence-electron chi connectivity index (χ2n) is 4.46. The Balaban J connectivity index is 2.64. The molecule has 1 aromatic rings. The van der Waals surface area contributed by atoms with E-state index < -0.39 is 26.5 Å². The van der Waals surface area contributed by atoms with E-state index in [1.807, 2.05) is 0 Å². The van der Waals surface area contributed by atoms with Crippen LogP contribution in [0.25, 0.3) is 5.57 Å². The quantitative estimate of drug-likeness (QED) is 0.625. The number of allylic oxidation sites excluding steroid dienone is 1. The molecule has 0 amide bonds. The van der Waals surface area contributed by atoms with Crippen molar-refractivity contribution >= 4 is 27.2 Å². The maximum absolute atomic E-state index is 12.5. The third kappa shape index (κ3) is 1.96. The van der Waals surface area contributed by atoms with Crippen molar-refractivity contribution in [3.05, 3.63) is 34.2 Å². The van der Waals surface area contributed by atoms with Gasteiger partial charge in [-0.2, -0.15) is 0 Å². The molecule has 0 radical (unpaired) electrons. The minimum Gasteiger partial charge on any atom is -0.460 e. The van der Waals surface area contributed by atoms with Crippen LogP contribution in [-0.2, 0) is 24.2 Å². The number of sulfone groups is 1. The minimum absolute atomic E-state index is 0.0168. The normalized spacial score (nSPS) is 15.9. The smallest absolute Gasteiger partial charge is 0.380 e. The first-order valence-electron chi connectivity index (χ1n) is 6.09. The number of ketones is 1. The minimum atomic E-state index is -3.96. The van der Waals surface area contributed by atoms with Gasteiger partial charge in [0.1, 0.15) is 4.91 Å². The van der Waals surface area contributed by atoms with Gasteiger partial charge in [0.2, 0.25) is 9.84 Å². The van der Waals surface area contributed by atoms with E-state index in [-0.39, 0.29) is 11.5 Å². The zero-order valence-electron chi connectivity index (χ0n) is 11.4. The maximum atomic E-state index is 12.5. The summed E-state index contributed by atoms with van der Waals surface area (Å²) in [6, 6.07) is 4.99. The highest BCUT2D eigenvalue weighted by Gasteiger charge is 2.41. The van der Waals surface area contributed by atoms with E-state index in [2.05, 4.69) is 4.74 Å². The lowest BCUT2D eigenvalue weighted by molar-refractivity contribution is -0.151. The SMILES string of the molecule is CCOC(=O)C(=O)C1=C(C)c2cccc(C)c2S1(=O)=O. The molecule has 0 aromatic heterocycles. The molecule has 1 aliphatic heterocycles. The van der Waals surface area contributed by atoms with Crippen molar-refractivity contribution in [2.75, 3.05) is 6.61 Å². The van der Waals surface area contributed by atoms with Crippen LogP contribution < -0.4 is 0 Å². The van der Waals surface area contributed by atoms with Gasteiger partial charge in [-0.05, 0) is 37.5 Å². The highest BCUT2D eigenvalue weighted by molar-refractivity contribution is 7.97. The summed E-state index contributed by atoms with van der Waals surface area (Å²) in [7, 11) is -3.96. The first-order valence-corrected chi connectivity index (χ1v) is 7.58. The topological polar surface area (TPSA) is 77.5 Å². The van der Waals surface area contributed by atoms with Crippen LogP contribution in [0.2, 0.25) is 0 Å². The Bertz CT molecular complexity index is 741. The summed E-state index contributed by atoms with van der Waals surface area (Å²) < 4.78 is 29.6. The maximum Gasteiger partial charge on any atom is 0.380 e. The molecular weight excluding hydrogens is 280 g/mol. The fourth-order valence-corrected chi connectivity index (χ4v) is 4.36. The number of hydrogen-bond donors (Lipinski definition) is 0. The molecular formula is C14H14O5S. The molecule has 0 bridgehead atoms. The van der Waals surface area contributed by atoms with Crippen LogP contribution in [0.1, 0.15) is 25.0 Å². The number of esters is 1. The van der Waals surface area contributed by atoms with Crippen molar-refractivity contribution in [1.29, 1.82) is 0 Å².